The Bertz CT molecular complexity index is 1530. The van der Waals surface area contributed by atoms with Gasteiger partial charge in [-0.1, -0.05) is 54.6 Å². The Morgan fingerprint density at radius 3 is 1.52 bits per heavy atom. The van der Waals surface area contributed by atoms with Gasteiger partial charge in [0.05, 0.1) is 0 Å². The van der Waals surface area contributed by atoms with Crippen molar-refractivity contribution >= 4 is 64.6 Å². The van der Waals surface area contributed by atoms with E-state index in [1.807, 2.05) is 6.07 Å². The minimum atomic E-state index is 0.243. The van der Waals surface area contributed by atoms with Crippen molar-refractivity contribution < 1.29 is 5.11 Å². The summed E-state index contributed by atoms with van der Waals surface area (Å²) in [6, 6.07) is 24.8. The average molecular weight is 315 g/mol. The molecule has 25 heavy (non-hydrogen) atoms. The van der Waals surface area contributed by atoms with E-state index in [0.717, 1.165) is 10.8 Å². The number of hydrogen-bond donors (Lipinski definition) is 1. The Morgan fingerprint density at radius 1 is 0.480 bits per heavy atom. The maximum atomic E-state index is 10.6. The predicted molar refractivity (Wildman–Crippen MR) is 106 cm³/mol. The normalized spacial score (nSPS) is 13.0. The van der Waals surface area contributed by atoms with Crippen LogP contribution in [0.4, 0.5) is 0 Å². The zero-order valence-electron chi connectivity index (χ0n) is 13.2. The number of phenols is 1. The van der Waals surface area contributed by atoms with E-state index in [2.05, 4.69) is 60.7 Å². The minimum absolute atomic E-state index is 0.243. The van der Waals surface area contributed by atoms with Crippen LogP contribution in [0.3, 0.4) is 0 Å². The fraction of sp³-hybridized carbons (Fsp3) is 0. The summed E-state index contributed by atoms with van der Waals surface area (Å²) in [7, 11) is 0. The molecule has 0 fully saturated rings. The molecule has 0 aliphatic heterocycles. The Hall–Kier alpha value is -3.32. The van der Waals surface area contributed by atoms with E-state index in [9.17, 15) is 5.11 Å². The highest BCUT2D eigenvalue weighted by molar-refractivity contribution is 6.44. The molecule has 0 bridgehead atoms. The van der Waals surface area contributed by atoms with E-state index in [1.54, 1.807) is 0 Å². The molecule has 0 aromatic heterocycles. The van der Waals surface area contributed by atoms with Crippen LogP contribution < -0.4 is 0 Å². The molecule has 0 saturated carbocycles. The van der Waals surface area contributed by atoms with Crippen LogP contribution in [0.1, 0.15) is 0 Å². The van der Waals surface area contributed by atoms with Crippen LogP contribution in [0, 0.1) is 6.07 Å². The molecule has 0 aliphatic carbocycles. The fourth-order valence-corrected chi connectivity index (χ4v) is 4.88. The first-order valence-electron chi connectivity index (χ1n) is 8.53. The molecule has 7 aromatic carbocycles. The van der Waals surface area contributed by atoms with Crippen molar-refractivity contribution in [2.45, 2.75) is 0 Å². The number of aromatic hydroxyl groups is 1. The van der Waals surface area contributed by atoms with Crippen molar-refractivity contribution in [2.75, 3.05) is 0 Å². The maximum Gasteiger partial charge on any atom is 0.132 e. The average Bonchev–Trinajstić information content (AvgIpc) is 2.66. The summed E-state index contributed by atoms with van der Waals surface area (Å²) < 4.78 is 0. The first kappa shape index (κ1) is 12.1. The van der Waals surface area contributed by atoms with Crippen molar-refractivity contribution in [3.8, 4) is 5.75 Å². The summed E-state index contributed by atoms with van der Waals surface area (Å²) in [5.74, 6) is 0.243. The largest absolute Gasteiger partial charge is 0.507 e. The van der Waals surface area contributed by atoms with Crippen molar-refractivity contribution in [2.24, 2.45) is 0 Å². The highest BCUT2D eigenvalue weighted by Crippen LogP contribution is 2.49. The van der Waals surface area contributed by atoms with E-state index < -0.39 is 0 Å². The van der Waals surface area contributed by atoms with Gasteiger partial charge in [0.2, 0.25) is 0 Å². The third-order valence-corrected chi connectivity index (χ3v) is 5.89. The summed E-state index contributed by atoms with van der Waals surface area (Å²) in [4.78, 5) is 0. The lowest BCUT2D eigenvalue weighted by atomic mass is 9.83. The summed E-state index contributed by atoms with van der Waals surface area (Å²) in [6.45, 7) is 0. The second kappa shape index (κ2) is 3.68. The van der Waals surface area contributed by atoms with E-state index in [-0.39, 0.29) is 5.75 Å². The van der Waals surface area contributed by atoms with Gasteiger partial charge in [0.15, 0.2) is 0 Å². The van der Waals surface area contributed by atoms with Gasteiger partial charge in [-0.3, -0.25) is 0 Å². The lowest BCUT2D eigenvalue weighted by Crippen LogP contribution is -1.92. The molecule has 0 heterocycles. The molecular weight excluding hydrogens is 304 g/mol. The SMILES string of the molecule is Oc1[c]c2ccc3ccc4ccc5ccc6ccc1c1c2c3c4c5c61. The maximum absolute atomic E-state index is 10.6. The Kier molecular flexibility index (Phi) is 1.78. The highest BCUT2D eigenvalue weighted by Gasteiger charge is 2.21. The fourth-order valence-electron chi connectivity index (χ4n) is 4.88. The van der Waals surface area contributed by atoms with Crippen molar-refractivity contribution in [3.63, 3.8) is 0 Å². The summed E-state index contributed by atoms with van der Waals surface area (Å²) in [6.07, 6.45) is 0. The molecule has 113 valence electrons. The van der Waals surface area contributed by atoms with Gasteiger partial charge in [-0.25, -0.2) is 0 Å². The first-order chi connectivity index (χ1) is 12.3. The lowest BCUT2D eigenvalue weighted by Gasteiger charge is -2.20. The molecule has 0 unspecified atom stereocenters. The van der Waals surface area contributed by atoms with Gasteiger partial charge >= 0.3 is 0 Å². The third-order valence-electron chi connectivity index (χ3n) is 5.89. The summed E-state index contributed by atoms with van der Waals surface area (Å²) >= 11 is 0. The molecule has 0 saturated heterocycles. The van der Waals surface area contributed by atoms with Crippen LogP contribution in [-0.4, -0.2) is 5.11 Å². The van der Waals surface area contributed by atoms with Gasteiger partial charge in [-0.15, -0.1) is 0 Å². The van der Waals surface area contributed by atoms with E-state index in [1.165, 1.54) is 53.9 Å². The Morgan fingerprint density at radius 2 is 0.920 bits per heavy atom. The highest BCUT2D eigenvalue weighted by atomic mass is 16.3. The van der Waals surface area contributed by atoms with Crippen molar-refractivity contribution in [3.05, 3.63) is 66.7 Å². The molecule has 0 atom stereocenters. The van der Waals surface area contributed by atoms with Crippen molar-refractivity contribution in [1.29, 1.82) is 0 Å². The molecule has 0 spiro atoms. The van der Waals surface area contributed by atoms with Gasteiger partial charge < -0.3 is 5.11 Å². The van der Waals surface area contributed by atoms with Gasteiger partial charge in [0.25, 0.3) is 0 Å². The zero-order valence-corrected chi connectivity index (χ0v) is 13.2. The molecule has 0 aliphatic rings. The van der Waals surface area contributed by atoms with Gasteiger partial charge in [0.1, 0.15) is 5.75 Å². The molecule has 0 amide bonds. The monoisotopic (exact) mass is 315 g/mol. The standard InChI is InChI=1S/C24H11O/c25-18-11-16-8-7-14-4-2-12-1-3-13-5-6-15-9-10-17(18)24-22(15)20(13)19(12)21(14)23(16)24/h1-10,25H. The van der Waals surface area contributed by atoms with E-state index in [4.69, 9.17) is 0 Å². The third kappa shape index (κ3) is 1.20. The number of phenolic OH excluding ortho intramolecular Hbond substituents is 1. The van der Waals surface area contributed by atoms with Gasteiger partial charge in [-0.05, 0) is 59.9 Å². The zero-order chi connectivity index (χ0) is 16.3. The Balaban J connectivity index is 2.10. The van der Waals surface area contributed by atoms with E-state index >= 15 is 0 Å². The van der Waals surface area contributed by atoms with Crippen LogP contribution in [0.5, 0.6) is 5.75 Å². The van der Waals surface area contributed by atoms with Gasteiger partial charge in [0, 0.05) is 16.8 Å². The lowest BCUT2D eigenvalue weighted by molar-refractivity contribution is 0.481. The van der Waals surface area contributed by atoms with Crippen LogP contribution >= 0.6 is 0 Å². The number of rotatable bonds is 0. The summed E-state index contributed by atoms with van der Waals surface area (Å²) in [5.41, 5.74) is 0. The van der Waals surface area contributed by atoms with Crippen LogP contribution in [-0.2, 0) is 0 Å². The molecule has 7 rings (SSSR count). The second-order valence-corrected chi connectivity index (χ2v) is 7.04. The van der Waals surface area contributed by atoms with Crippen LogP contribution in [0.15, 0.2) is 60.7 Å². The molecular formula is C24H11O. The molecule has 1 heteroatoms. The topological polar surface area (TPSA) is 20.2 Å². The quantitative estimate of drug-likeness (QED) is 0.253. The van der Waals surface area contributed by atoms with E-state index in [0.29, 0.717) is 0 Å². The minimum Gasteiger partial charge on any atom is -0.507 e. The molecule has 1 radical (unpaired) electrons. The number of benzene rings is 7. The molecule has 1 N–H and O–H groups in total. The van der Waals surface area contributed by atoms with Crippen LogP contribution in [0.25, 0.3) is 64.6 Å². The first-order valence-corrected chi connectivity index (χ1v) is 8.53. The second-order valence-electron chi connectivity index (χ2n) is 7.04. The predicted octanol–water partition coefficient (Wildman–Crippen LogP) is 6.42. The molecule has 7 aromatic rings. The Labute approximate surface area is 142 Å². The number of hydrogen-bond acceptors (Lipinski definition) is 1. The van der Waals surface area contributed by atoms with Gasteiger partial charge in [-0.2, -0.15) is 0 Å². The molecule has 1 nitrogen and oxygen atoms in total. The van der Waals surface area contributed by atoms with Crippen LogP contribution in [0.2, 0.25) is 0 Å². The van der Waals surface area contributed by atoms with Crippen molar-refractivity contribution in [1.82, 2.24) is 0 Å². The smallest absolute Gasteiger partial charge is 0.132 e. The summed E-state index contributed by atoms with van der Waals surface area (Å²) in [5, 5.41) is 25.1.